The molecule has 0 spiro atoms. The Hall–Kier alpha value is -2.63. The Labute approximate surface area is 134 Å². The van der Waals surface area contributed by atoms with E-state index in [9.17, 15) is 9.59 Å². The Balaban J connectivity index is 1.59. The van der Waals surface area contributed by atoms with Gasteiger partial charge in [-0.2, -0.15) is 5.10 Å². The molecular formula is C17H20N4O2. The van der Waals surface area contributed by atoms with Crippen molar-refractivity contribution in [2.24, 2.45) is 0 Å². The normalized spacial score (nSPS) is 17.6. The van der Waals surface area contributed by atoms with Crippen LogP contribution < -0.4 is 10.6 Å². The number of nitrogens with one attached hydrogen (secondary N) is 2. The first-order valence-corrected chi connectivity index (χ1v) is 7.82. The summed E-state index contributed by atoms with van der Waals surface area (Å²) in [4.78, 5) is 23.4. The van der Waals surface area contributed by atoms with Gasteiger partial charge in [-0.25, -0.2) is 4.68 Å². The fourth-order valence-corrected chi connectivity index (χ4v) is 2.68. The number of hydrogen-bond donors (Lipinski definition) is 2. The lowest BCUT2D eigenvalue weighted by molar-refractivity contribution is -0.124. The number of aromatic nitrogens is 2. The molecular weight excluding hydrogens is 292 g/mol. The van der Waals surface area contributed by atoms with Crippen molar-refractivity contribution < 1.29 is 9.59 Å². The van der Waals surface area contributed by atoms with Crippen LogP contribution in [0.15, 0.2) is 36.5 Å². The average Bonchev–Trinajstić information content (AvgIpc) is 2.96. The summed E-state index contributed by atoms with van der Waals surface area (Å²) in [6, 6.07) is 9.67. The molecule has 1 unspecified atom stereocenters. The van der Waals surface area contributed by atoms with E-state index in [2.05, 4.69) is 15.7 Å². The van der Waals surface area contributed by atoms with E-state index < -0.39 is 0 Å². The Morgan fingerprint density at radius 2 is 2.13 bits per heavy atom. The van der Waals surface area contributed by atoms with Crippen LogP contribution in [0.5, 0.6) is 0 Å². The molecule has 1 aromatic carbocycles. The molecule has 2 aromatic rings. The maximum Gasteiger partial charge on any atom is 0.227 e. The van der Waals surface area contributed by atoms with Crippen molar-refractivity contribution in [3.05, 3.63) is 42.1 Å². The topological polar surface area (TPSA) is 76.0 Å². The third kappa shape index (κ3) is 3.97. The smallest absolute Gasteiger partial charge is 0.227 e. The summed E-state index contributed by atoms with van der Waals surface area (Å²) in [6.07, 6.45) is 4.33. The molecule has 120 valence electrons. The van der Waals surface area contributed by atoms with Gasteiger partial charge < -0.3 is 10.6 Å². The van der Waals surface area contributed by atoms with Gasteiger partial charge in [-0.3, -0.25) is 9.59 Å². The first-order valence-electron chi connectivity index (χ1n) is 7.82. The second-order valence-corrected chi connectivity index (χ2v) is 5.89. The van der Waals surface area contributed by atoms with Gasteiger partial charge in [0, 0.05) is 31.1 Å². The van der Waals surface area contributed by atoms with Crippen molar-refractivity contribution in [2.45, 2.75) is 38.6 Å². The zero-order chi connectivity index (χ0) is 16.2. The number of piperidine rings is 1. The van der Waals surface area contributed by atoms with Crippen LogP contribution in [0.4, 0.5) is 5.82 Å². The summed E-state index contributed by atoms with van der Waals surface area (Å²) in [5.41, 5.74) is 2.12. The monoisotopic (exact) mass is 312 g/mol. The highest BCUT2D eigenvalue weighted by Gasteiger charge is 2.21. The van der Waals surface area contributed by atoms with Crippen molar-refractivity contribution in [3.8, 4) is 5.69 Å². The molecule has 6 heteroatoms. The summed E-state index contributed by atoms with van der Waals surface area (Å²) in [6.45, 7) is 2.03. The second kappa shape index (κ2) is 6.64. The third-order valence-corrected chi connectivity index (χ3v) is 3.91. The van der Waals surface area contributed by atoms with E-state index in [-0.39, 0.29) is 24.3 Å². The van der Waals surface area contributed by atoms with Gasteiger partial charge >= 0.3 is 0 Å². The van der Waals surface area contributed by atoms with Crippen LogP contribution >= 0.6 is 0 Å². The van der Waals surface area contributed by atoms with E-state index in [0.29, 0.717) is 12.2 Å². The second-order valence-electron chi connectivity index (χ2n) is 5.89. The van der Waals surface area contributed by atoms with Crippen LogP contribution in [-0.2, 0) is 9.59 Å². The van der Waals surface area contributed by atoms with E-state index in [0.717, 1.165) is 18.5 Å². The number of amides is 2. The third-order valence-electron chi connectivity index (χ3n) is 3.91. The minimum absolute atomic E-state index is 0.0256. The van der Waals surface area contributed by atoms with Gasteiger partial charge in [0.25, 0.3) is 0 Å². The Bertz CT molecular complexity index is 706. The number of carbonyl (C=O) groups excluding carboxylic acids is 2. The molecule has 0 bridgehead atoms. The van der Waals surface area contributed by atoms with Crippen LogP contribution in [0.3, 0.4) is 0 Å². The van der Waals surface area contributed by atoms with Gasteiger partial charge in [0.1, 0.15) is 0 Å². The van der Waals surface area contributed by atoms with Crippen LogP contribution in [0.1, 0.15) is 31.2 Å². The molecule has 1 atom stereocenters. The summed E-state index contributed by atoms with van der Waals surface area (Å²) < 4.78 is 1.72. The van der Waals surface area contributed by atoms with E-state index >= 15 is 0 Å². The number of nitrogens with zero attached hydrogens (tertiary/aromatic N) is 2. The minimum atomic E-state index is -0.133. The maximum absolute atomic E-state index is 12.1. The van der Waals surface area contributed by atoms with Gasteiger partial charge in [-0.15, -0.1) is 0 Å². The predicted molar refractivity (Wildman–Crippen MR) is 87.3 cm³/mol. The van der Waals surface area contributed by atoms with Crippen molar-refractivity contribution >= 4 is 17.6 Å². The van der Waals surface area contributed by atoms with Crippen LogP contribution in [0.25, 0.3) is 5.69 Å². The van der Waals surface area contributed by atoms with Crippen molar-refractivity contribution in [3.63, 3.8) is 0 Å². The summed E-state index contributed by atoms with van der Waals surface area (Å²) in [5, 5.41) is 9.98. The standard InChI is InChI=1S/C17H20N4O2/c1-12-5-7-14(8-6-12)21-10-9-15(20-21)19-17(23)11-13-3-2-4-16(22)18-13/h5-10,13H,2-4,11H2,1H3,(H,18,22)(H,19,20,23). The Kier molecular flexibility index (Phi) is 4.41. The number of anilines is 1. The quantitative estimate of drug-likeness (QED) is 0.908. The average molecular weight is 312 g/mol. The van der Waals surface area contributed by atoms with Gasteiger partial charge in [0.05, 0.1) is 5.69 Å². The Morgan fingerprint density at radius 3 is 2.87 bits per heavy atom. The van der Waals surface area contributed by atoms with E-state index in [4.69, 9.17) is 0 Å². The molecule has 3 rings (SSSR count). The number of hydrogen-bond acceptors (Lipinski definition) is 3. The molecule has 2 amide bonds. The highest BCUT2D eigenvalue weighted by atomic mass is 16.2. The van der Waals surface area contributed by atoms with E-state index in [1.807, 2.05) is 37.4 Å². The van der Waals surface area contributed by atoms with Gasteiger partial charge in [-0.05, 0) is 31.9 Å². The molecule has 1 fully saturated rings. The van der Waals surface area contributed by atoms with Crippen molar-refractivity contribution in [2.75, 3.05) is 5.32 Å². The number of rotatable bonds is 4. The van der Waals surface area contributed by atoms with E-state index in [1.165, 1.54) is 5.56 Å². The molecule has 1 aromatic heterocycles. The number of carbonyl (C=O) groups is 2. The lowest BCUT2D eigenvalue weighted by Gasteiger charge is -2.22. The summed E-state index contributed by atoms with van der Waals surface area (Å²) in [5.74, 6) is 0.404. The molecule has 1 aliphatic heterocycles. The highest BCUT2D eigenvalue weighted by Crippen LogP contribution is 2.14. The first-order chi connectivity index (χ1) is 11.1. The minimum Gasteiger partial charge on any atom is -0.353 e. The van der Waals surface area contributed by atoms with Crippen LogP contribution in [0.2, 0.25) is 0 Å². The zero-order valence-electron chi connectivity index (χ0n) is 13.1. The number of aryl methyl sites for hydroxylation is 1. The molecule has 0 aliphatic carbocycles. The fourth-order valence-electron chi connectivity index (χ4n) is 2.68. The molecule has 0 radical (unpaired) electrons. The van der Waals surface area contributed by atoms with Crippen LogP contribution in [-0.4, -0.2) is 27.6 Å². The summed E-state index contributed by atoms with van der Waals surface area (Å²) >= 11 is 0. The SMILES string of the molecule is Cc1ccc(-n2ccc(NC(=O)CC3CCCC(=O)N3)n2)cc1. The van der Waals surface area contributed by atoms with E-state index in [1.54, 1.807) is 10.7 Å². The van der Waals surface area contributed by atoms with Gasteiger partial charge in [0.2, 0.25) is 11.8 Å². The van der Waals surface area contributed by atoms with Crippen LogP contribution in [0, 0.1) is 6.92 Å². The first kappa shape index (κ1) is 15.3. The van der Waals surface area contributed by atoms with Crippen molar-refractivity contribution in [1.29, 1.82) is 0 Å². The largest absolute Gasteiger partial charge is 0.353 e. The molecule has 23 heavy (non-hydrogen) atoms. The molecule has 1 saturated heterocycles. The highest BCUT2D eigenvalue weighted by molar-refractivity contribution is 5.90. The molecule has 1 aliphatic rings. The summed E-state index contributed by atoms with van der Waals surface area (Å²) in [7, 11) is 0. The molecule has 0 saturated carbocycles. The molecule has 2 N–H and O–H groups in total. The maximum atomic E-state index is 12.1. The molecule has 6 nitrogen and oxygen atoms in total. The number of benzene rings is 1. The van der Waals surface area contributed by atoms with Crippen molar-refractivity contribution in [1.82, 2.24) is 15.1 Å². The fraction of sp³-hybridized carbons (Fsp3) is 0.353. The van der Waals surface area contributed by atoms with Gasteiger partial charge in [0.15, 0.2) is 5.82 Å². The zero-order valence-corrected chi connectivity index (χ0v) is 13.1. The van der Waals surface area contributed by atoms with Gasteiger partial charge in [-0.1, -0.05) is 17.7 Å². The predicted octanol–water partition coefficient (Wildman–Crippen LogP) is 2.18. The lowest BCUT2D eigenvalue weighted by atomic mass is 10.0. The molecule has 2 heterocycles. The lowest BCUT2D eigenvalue weighted by Crippen LogP contribution is -2.40. The Morgan fingerprint density at radius 1 is 1.35 bits per heavy atom.